The Kier molecular flexibility index (Phi) is 5.78. The van der Waals surface area contributed by atoms with Gasteiger partial charge in [-0.2, -0.15) is 0 Å². The molecule has 3 aromatic rings. The van der Waals surface area contributed by atoms with Crippen LogP contribution in [0.3, 0.4) is 0 Å². The molecule has 0 saturated carbocycles. The highest BCUT2D eigenvalue weighted by Gasteiger charge is 2.38. The maximum absolute atomic E-state index is 13.0. The van der Waals surface area contributed by atoms with E-state index in [0.717, 1.165) is 23.2 Å². The molecule has 2 aliphatic rings. The zero-order chi connectivity index (χ0) is 24.5. The van der Waals surface area contributed by atoms with E-state index in [1.54, 1.807) is 36.4 Å². The van der Waals surface area contributed by atoms with Gasteiger partial charge in [0.2, 0.25) is 0 Å². The molecule has 0 radical (unpaired) electrons. The van der Waals surface area contributed by atoms with Crippen molar-refractivity contribution < 1.29 is 24.0 Å². The van der Waals surface area contributed by atoms with Crippen molar-refractivity contribution in [3.05, 3.63) is 111 Å². The van der Waals surface area contributed by atoms with E-state index in [9.17, 15) is 19.7 Å². The molecule has 0 bridgehead atoms. The monoisotopic (exact) mass is 470 g/mol. The number of anilines is 1. The third-order valence-corrected chi connectivity index (χ3v) is 6.53. The lowest BCUT2D eigenvalue weighted by Gasteiger charge is -2.37. The van der Waals surface area contributed by atoms with Gasteiger partial charge in [-0.1, -0.05) is 36.4 Å². The number of para-hydroxylation sites is 1. The number of nitro benzene ring substituents is 1. The fourth-order valence-electron chi connectivity index (χ4n) is 4.88. The normalized spacial score (nSPS) is 19.7. The number of esters is 2. The molecule has 0 aromatic heterocycles. The van der Waals surface area contributed by atoms with Crippen LogP contribution >= 0.6 is 0 Å². The molecule has 8 nitrogen and oxygen atoms in total. The molecule has 1 N–H and O–H groups in total. The molecule has 176 valence electrons. The molecule has 3 atom stereocenters. The lowest BCUT2D eigenvalue weighted by Crippen LogP contribution is -2.29. The van der Waals surface area contributed by atoms with E-state index in [0.29, 0.717) is 5.56 Å². The Balaban J connectivity index is 1.44. The second-order valence-electron chi connectivity index (χ2n) is 8.51. The second kappa shape index (κ2) is 9.06. The van der Waals surface area contributed by atoms with Crippen molar-refractivity contribution in [2.24, 2.45) is 5.92 Å². The molecule has 0 saturated heterocycles. The molecule has 8 heteroatoms. The number of allylic oxidation sites excluding steroid dienone is 2. The van der Waals surface area contributed by atoms with Crippen molar-refractivity contribution >= 4 is 23.3 Å². The van der Waals surface area contributed by atoms with Gasteiger partial charge in [0.05, 0.1) is 23.6 Å². The van der Waals surface area contributed by atoms with Crippen LogP contribution in [0.2, 0.25) is 0 Å². The first-order valence-electron chi connectivity index (χ1n) is 11.2. The first-order valence-corrected chi connectivity index (χ1v) is 11.2. The van der Waals surface area contributed by atoms with Crippen LogP contribution in [0.1, 0.15) is 50.2 Å². The molecule has 1 heterocycles. The summed E-state index contributed by atoms with van der Waals surface area (Å²) >= 11 is 0. The lowest BCUT2D eigenvalue weighted by atomic mass is 9.76. The highest BCUT2D eigenvalue weighted by molar-refractivity contribution is 5.96. The van der Waals surface area contributed by atoms with Crippen LogP contribution in [0.25, 0.3) is 0 Å². The van der Waals surface area contributed by atoms with E-state index in [4.69, 9.17) is 9.47 Å². The standard InChI is InChI=1S/C27H22N2O6/c1-34-27(31)21-8-2-3-11-24(21)35-26(30)17-12-13-23-22(15-17)19-9-5-10-20(19)25(28-23)16-6-4-7-18(14-16)29(32)33/h2-9,11-15,19-20,25,28H,10H2,1H3/t19-,20-,25-/m1/s1. The first kappa shape index (κ1) is 22.3. The van der Waals surface area contributed by atoms with Gasteiger partial charge in [0.15, 0.2) is 0 Å². The second-order valence-corrected chi connectivity index (χ2v) is 8.51. The number of nitrogens with zero attached hydrogens (tertiary/aromatic N) is 1. The van der Waals surface area contributed by atoms with Crippen LogP contribution in [-0.2, 0) is 4.74 Å². The number of carbonyl (C=O) groups is 2. The van der Waals surface area contributed by atoms with Crippen molar-refractivity contribution in [3.8, 4) is 5.75 Å². The molecule has 35 heavy (non-hydrogen) atoms. The lowest BCUT2D eigenvalue weighted by molar-refractivity contribution is -0.384. The predicted molar refractivity (Wildman–Crippen MR) is 129 cm³/mol. The van der Waals surface area contributed by atoms with Crippen LogP contribution in [0.4, 0.5) is 11.4 Å². The smallest absolute Gasteiger partial charge is 0.343 e. The molecule has 0 unspecified atom stereocenters. The van der Waals surface area contributed by atoms with Gasteiger partial charge < -0.3 is 14.8 Å². The third-order valence-electron chi connectivity index (χ3n) is 6.53. The van der Waals surface area contributed by atoms with Crippen LogP contribution in [0.5, 0.6) is 5.75 Å². The Morgan fingerprint density at radius 3 is 2.66 bits per heavy atom. The Hall–Kier alpha value is -4.46. The van der Waals surface area contributed by atoms with Gasteiger partial charge in [-0.25, -0.2) is 9.59 Å². The summed E-state index contributed by atoms with van der Waals surface area (Å²) in [7, 11) is 1.27. The topological polar surface area (TPSA) is 108 Å². The molecule has 0 fully saturated rings. The number of fused-ring (bicyclic) bond motifs is 3. The number of benzene rings is 3. The van der Waals surface area contributed by atoms with E-state index in [-0.39, 0.29) is 39.8 Å². The largest absolute Gasteiger partial charge is 0.465 e. The van der Waals surface area contributed by atoms with Crippen molar-refractivity contribution in [3.63, 3.8) is 0 Å². The summed E-state index contributed by atoms with van der Waals surface area (Å²) in [4.78, 5) is 35.9. The summed E-state index contributed by atoms with van der Waals surface area (Å²) in [6.07, 6.45) is 5.04. The Labute approximate surface area is 201 Å². The Morgan fingerprint density at radius 2 is 1.86 bits per heavy atom. The zero-order valence-corrected chi connectivity index (χ0v) is 18.8. The maximum atomic E-state index is 13.0. The quantitative estimate of drug-likeness (QED) is 0.174. The van der Waals surface area contributed by atoms with E-state index < -0.39 is 11.9 Å². The van der Waals surface area contributed by atoms with E-state index >= 15 is 0 Å². The van der Waals surface area contributed by atoms with Gasteiger partial charge >= 0.3 is 11.9 Å². The molecule has 5 rings (SSSR count). The van der Waals surface area contributed by atoms with Crippen LogP contribution in [0, 0.1) is 16.0 Å². The molecular formula is C27H22N2O6. The molecule has 1 aliphatic carbocycles. The fraction of sp³-hybridized carbons (Fsp3) is 0.185. The third kappa shape index (κ3) is 4.14. The van der Waals surface area contributed by atoms with Crippen molar-refractivity contribution in [1.82, 2.24) is 0 Å². The van der Waals surface area contributed by atoms with E-state index in [2.05, 4.69) is 17.5 Å². The zero-order valence-electron chi connectivity index (χ0n) is 18.8. The minimum atomic E-state index is -0.589. The molecule has 0 amide bonds. The van der Waals surface area contributed by atoms with E-state index in [1.807, 2.05) is 18.2 Å². The van der Waals surface area contributed by atoms with Gasteiger partial charge in [0.1, 0.15) is 11.3 Å². The number of nitro groups is 1. The highest BCUT2D eigenvalue weighted by Crippen LogP contribution is 2.50. The molecule has 1 aliphatic heterocycles. The van der Waals surface area contributed by atoms with Gasteiger partial charge in [-0.05, 0) is 53.8 Å². The van der Waals surface area contributed by atoms with Gasteiger partial charge in [0, 0.05) is 23.7 Å². The highest BCUT2D eigenvalue weighted by atomic mass is 16.6. The first-order chi connectivity index (χ1) is 17.0. The van der Waals surface area contributed by atoms with Crippen molar-refractivity contribution in [2.45, 2.75) is 18.4 Å². The van der Waals surface area contributed by atoms with Crippen LogP contribution < -0.4 is 10.1 Å². The molecular weight excluding hydrogens is 448 g/mol. The Bertz CT molecular complexity index is 1370. The molecule has 3 aromatic carbocycles. The minimum Gasteiger partial charge on any atom is -0.465 e. The summed E-state index contributed by atoms with van der Waals surface area (Å²) < 4.78 is 10.3. The van der Waals surface area contributed by atoms with Gasteiger partial charge in [-0.3, -0.25) is 10.1 Å². The summed E-state index contributed by atoms with van der Waals surface area (Å²) in [5.74, 6) is -0.844. The summed E-state index contributed by atoms with van der Waals surface area (Å²) in [6.45, 7) is 0. The number of methoxy groups -OCH3 is 1. The molecule has 0 spiro atoms. The number of carbonyl (C=O) groups excluding carboxylic acids is 2. The van der Waals surface area contributed by atoms with Gasteiger partial charge in [0.25, 0.3) is 5.69 Å². The van der Waals surface area contributed by atoms with Gasteiger partial charge in [-0.15, -0.1) is 0 Å². The number of non-ortho nitro benzene ring substituents is 1. The Morgan fingerprint density at radius 1 is 1.03 bits per heavy atom. The predicted octanol–water partition coefficient (Wildman–Crippen LogP) is 5.43. The summed E-state index contributed by atoms with van der Waals surface area (Å²) in [6, 6.07) is 18.3. The fourth-order valence-corrected chi connectivity index (χ4v) is 4.88. The number of rotatable bonds is 5. The minimum absolute atomic E-state index is 0.0469. The van der Waals surface area contributed by atoms with Crippen LogP contribution in [0.15, 0.2) is 78.9 Å². The summed E-state index contributed by atoms with van der Waals surface area (Å²) in [5.41, 5.74) is 3.26. The maximum Gasteiger partial charge on any atom is 0.343 e. The van der Waals surface area contributed by atoms with Crippen molar-refractivity contribution in [2.75, 3.05) is 12.4 Å². The van der Waals surface area contributed by atoms with Crippen LogP contribution in [-0.4, -0.2) is 24.0 Å². The summed E-state index contributed by atoms with van der Waals surface area (Å²) in [5, 5.41) is 14.8. The number of nitrogens with one attached hydrogen (secondary N) is 1. The number of hydrogen-bond acceptors (Lipinski definition) is 7. The van der Waals surface area contributed by atoms with Crippen molar-refractivity contribution in [1.29, 1.82) is 0 Å². The average Bonchev–Trinajstić information content (AvgIpc) is 3.38. The number of hydrogen-bond donors (Lipinski definition) is 1. The average molecular weight is 470 g/mol. The number of ether oxygens (including phenoxy) is 2. The van der Waals surface area contributed by atoms with E-state index in [1.165, 1.54) is 19.2 Å². The SMILES string of the molecule is COC(=O)c1ccccc1OC(=O)c1ccc2c(c1)[C@@H]1C=CC[C@H]1[C@@H](c1cccc([N+](=O)[O-])c1)N2.